The van der Waals surface area contributed by atoms with Crippen LogP contribution >= 0.6 is 0 Å². The van der Waals surface area contributed by atoms with E-state index < -0.39 is 11.6 Å². The van der Waals surface area contributed by atoms with E-state index >= 15 is 0 Å². The Hall–Kier alpha value is -2.30. The second-order valence-corrected chi connectivity index (χ2v) is 4.51. The van der Waals surface area contributed by atoms with Crippen molar-refractivity contribution in [2.75, 3.05) is 7.11 Å². The van der Waals surface area contributed by atoms with Crippen molar-refractivity contribution in [3.05, 3.63) is 33.6 Å². The van der Waals surface area contributed by atoms with Crippen molar-refractivity contribution in [3.8, 4) is 11.5 Å². The summed E-state index contributed by atoms with van der Waals surface area (Å²) in [6.45, 7) is 4.60. The van der Waals surface area contributed by atoms with E-state index in [4.69, 9.17) is 4.74 Å². The van der Waals surface area contributed by atoms with Crippen LogP contribution in [0.4, 0.5) is 0 Å². The minimum Gasteiger partial charge on any atom is -0.507 e. The van der Waals surface area contributed by atoms with Crippen LogP contribution in [-0.2, 0) is 4.74 Å². The highest BCUT2D eigenvalue weighted by atomic mass is 16.5. The summed E-state index contributed by atoms with van der Waals surface area (Å²) < 4.78 is 4.92. The van der Waals surface area contributed by atoms with Gasteiger partial charge in [-0.3, -0.25) is 9.59 Å². The van der Waals surface area contributed by atoms with Gasteiger partial charge in [0.15, 0.2) is 11.5 Å². The zero-order valence-electron chi connectivity index (χ0n) is 11.1. The first-order valence-corrected chi connectivity index (χ1v) is 5.72. The molecule has 1 aliphatic rings. The molecule has 1 aromatic carbocycles. The number of ketones is 2. The molecule has 0 fully saturated rings. The number of phenols is 2. The molecule has 0 atom stereocenters. The number of methoxy groups -OCH3 is 1. The van der Waals surface area contributed by atoms with Gasteiger partial charge in [0.2, 0.25) is 5.78 Å². The summed E-state index contributed by atoms with van der Waals surface area (Å²) in [6.07, 6.45) is 0. The van der Waals surface area contributed by atoms with Gasteiger partial charge < -0.3 is 14.9 Å². The lowest BCUT2D eigenvalue weighted by molar-refractivity contribution is 0.0901. The van der Waals surface area contributed by atoms with Gasteiger partial charge in [0.05, 0.1) is 18.2 Å². The summed E-state index contributed by atoms with van der Waals surface area (Å²) >= 11 is 0. The van der Waals surface area contributed by atoms with Crippen LogP contribution in [0.15, 0.2) is 11.3 Å². The number of phenolic OH excluding ortho intramolecular Hbond substituents is 2. The number of Topliss-reactive ketones (excluding diaryl/α,β-unsaturated/α-hetero) is 2. The molecule has 0 aromatic heterocycles. The fourth-order valence-electron chi connectivity index (χ4n) is 2.23. The standard InChI is InChI=1S/C14H14O5/c1-5-6(2)11(16)9-8(10(5)15)12(17)7(3)14(19-4)13(9)18/h15-16H,1-4H3. The summed E-state index contributed by atoms with van der Waals surface area (Å²) in [7, 11) is 1.28. The number of hydrogen-bond acceptors (Lipinski definition) is 5. The van der Waals surface area contributed by atoms with E-state index in [1.54, 1.807) is 13.8 Å². The van der Waals surface area contributed by atoms with Crippen molar-refractivity contribution in [3.63, 3.8) is 0 Å². The van der Waals surface area contributed by atoms with Gasteiger partial charge in [-0.1, -0.05) is 0 Å². The second kappa shape index (κ2) is 4.12. The average Bonchev–Trinajstić information content (AvgIpc) is 2.38. The molecule has 0 aliphatic heterocycles. The Kier molecular flexibility index (Phi) is 2.85. The van der Waals surface area contributed by atoms with Crippen molar-refractivity contribution in [2.24, 2.45) is 0 Å². The van der Waals surface area contributed by atoms with E-state index in [1.807, 2.05) is 0 Å². The minimum absolute atomic E-state index is 0.101. The molecule has 0 spiro atoms. The number of carbonyl (C=O) groups is 2. The van der Waals surface area contributed by atoms with Crippen LogP contribution in [0.3, 0.4) is 0 Å². The highest BCUT2D eigenvalue weighted by Gasteiger charge is 2.37. The third kappa shape index (κ3) is 1.54. The molecule has 0 heterocycles. The van der Waals surface area contributed by atoms with Crippen LogP contribution in [0.1, 0.15) is 38.8 Å². The molecule has 19 heavy (non-hydrogen) atoms. The Labute approximate surface area is 110 Å². The molecule has 0 bridgehead atoms. The van der Waals surface area contributed by atoms with Crippen LogP contribution in [0.25, 0.3) is 0 Å². The molecule has 0 radical (unpaired) electrons. The van der Waals surface area contributed by atoms with Crippen molar-refractivity contribution in [1.82, 2.24) is 0 Å². The third-order valence-corrected chi connectivity index (χ3v) is 3.54. The van der Waals surface area contributed by atoms with Gasteiger partial charge in [-0.15, -0.1) is 0 Å². The lowest BCUT2D eigenvalue weighted by Gasteiger charge is -2.22. The fraction of sp³-hybridized carbons (Fsp3) is 0.286. The van der Waals surface area contributed by atoms with Crippen molar-refractivity contribution < 1.29 is 24.5 Å². The number of carbonyl (C=O) groups excluding carboxylic acids is 2. The molecule has 0 amide bonds. The molecule has 0 saturated carbocycles. The molecule has 1 aromatic rings. The number of rotatable bonds is 1. The number of aromatic hydroxyl groups is 2. The lowest BCUT2D eigenvalue weighted by Crippen LogP contribution is -2.23. The topological polar surface area (TPSA) is 83.8 Å². The maximum Gasteiger partial charge on any atom is 0.232 e. The zero-order chi connectivity index (χ0) is 14.5. The van der Waals surface area contributed by atoms with Gasteiger partial charge in [-0.25, -0.2) is 0 Å². The van der Waals surface area contributed by atoms with E-state index in [1.165, 1.54) is 14.0 Å². The highest BCUT2D eigenvalue weighted by Crippen LogP contribution is 2.41. The quantitative estimate of drug-likeness (QED) is 0.756. The van der Waals surface area contributed by atoms with E-state index in [0.29, 0.717) is 11.1 Å². The maximum atomic E-state index is 12.2. The first-order valence-electron chi connectivity index (χ1n) is 5.72. The minimum atomic E-state index is -0.592. The number of allylic oxidation sites excluding steroid dienone is 2. The number of fused-ring (bicyclic) bond motifs is 1. The molecule has 2 rings (SSSR count). The number of ether oxygens (including phenoxy) is 1. The predicted octanol–water partition coefficient (Wildman–Crippen LogP) is 2.01. The Balaban J connectivity index is 2.92. The summed E-state index contributed by atoms with van der Waals surface area (Å²) in [5.74, 6) is -1.76. The van der Waals surface area contributed by atoms with Gasteiger partial charge in [0, 0.05) is 5.57 Å². The third-order valence-electron chi connectivity index (χ3n) is 3.54. The first-order chi connectivity index (χ1) is 8.82. The smallest absolute Gasteiger partial charge is 0.232 e. The summed E-state index contributed by atoms with van der Waals surface area (Å²) in [6, 6.07) is 0. The Morgan fingerprint density at radius 2 is 1.26 bits per heavy atom. The van der Waals surface area contributed by atoms with Crippen LogP contribution in [0.2, 0.25) is 0 Å². The van der Waals surface area contributed by atoms with E-state index in [-0.39, 0.29) is 34.0 Å². The SMILES string of the molecule is COC1=C(C)C(=O)c2c(O)c(C)c(C)c(O)c2C1=O. The van der Waals surface area contributed by atoms with Crippen molar-refractivity contribution in [2.45, 2.75) is 20.8 Å². The monoisotopic (exact) mass is 262 g/mol. The summed E-state index contributed by atoms with van der Waals surface area (Å²) in [5.41, 5.74) is 0.536. The van der Waals surface area contributed by atoms with Crippen molar-refractivity contribution >= 4 is 11.6 Å². The van der Waals surface area contributed by atoms with Crippen molar-refractivity contribution in [1.29, 1.82) is 0 Å². The van der Waals surface area contributed by atoms with E-state index in [9.17, 15) is 19.8 Å². The van der Waals surface area contributed by atoms with Gasteiger partial charge in [-0.05, 0) is 31.9 Å². The predicted molar refractivity (Wildman–Crippen MR) is 67.6 cm³/mol. The fourth-order valence-corrected chi connectivity index (χ4v) is 2.23. The average molecular weight is 262 g/mol. The Morgan fingerprint density at radius 1 is 0.842 bits per heavy atom. The Bertz CT molecular complexity index is 653. The van der Waals surface area contributed by atoms with E-state index in [0.717, 1.165) is 0 Å². The molecule has 2 N–H and O–H groups in total. The second-order valence-electron chi connectivity index (χ2n) is 4.51. The van der Waals surface area contributed by atoms with Gasteiger partial charge in [0.25, 0.3) is 0 Å². The largest absolute Gasteiger partial charge is 0.507 e. The maximum absolute atomic E-state index is 12.2. The van der Waals surface area contributed by atoms with Crippen LogP contribution in [0, 0.1) is 13.8 Å². The molecule has 5 heteroatoms. The zero-order valence-corrected chi connectivity index (χ0v) is 11.1. The summed E-state index contributed by atoms with van der Waals surface area (Å²) in [4.78, 5) is 24.4. The number of hydrogen-bond donors (Lipinski definition) is 2. The van der Waals surface area contributed by atoms with Crippen LogP contribution in [0.5, 0.6) is 11.5 Å². The normalized spacial score (nSPS) is 14.7. The molecular formula is C14H14O5. The van der Waals surface area contributed by atoms with Gasteiger partial charge in [-0.2, -0.15) is 0 Å². The molecule has 0 unspecified atom stereocenters. The van der Waals surface area contributed by atoms with Gasteiger partial charge in [0.1, 0.15) is 11.5 Å². The van der Waals surface area contributed by atoms with E-state index in [2.05, 4.69) is 0 Å². The molecule has 1 aliphatic carbocycles. The van der Waals surface area contributed by atoms with Crippen LogP contribution < -0.4 is 0 Å². The highest BCUT2D eigenvalue weighted by molar-refractivity contribution is 6.28. The Morgan fingerprint density at radius 3 is 1.68 bits per heavy atom. The molecule has 100 valence electrons. The first kappa shape index (κ1) is 13.1. The van der Waals surface area contributed by atoms with Gasteiger partial charge >= 0.3 is 0 Å². The molecular weight excluding hydrogens is 248 g/mol. The lowest BCUT2D eigenvalue weighted by atomic mass is 9.84. The number of benzene rings is 1. The summed E-state index contributed by atoms with van der Waals surface area (Å²) in [5, 5.41) is 20.1. The van der Waals surface area contributed by atoms with Crippen LogP contribution in [-0.4, -0.2) is 28.9 Å². The molecule has 0 saturated heterocycles. The molecule has 5 nitrogen and oxygen atoms in total.